The van der Waals surface area contributed by atoms with Crippen molar-refractivity contribution in [1.82, 2.24) is 0 Å². The molecule has 0 aromatic heterocycles. The van der Waals surface area contributed by atoms with Crippen LogP contribution in [0.5, 0.6) is 0 Å². The predicted molar refractivity (Wildman–Crippen MR) is 37.2 cm³/mol. The van der Waals surface area contributed by atoms with Crippen LogP contribution < -0.4 is 5.73 Å². The van der Waals surface area contributed by atoms with Crippen LogP contribution in [-0.4, -0.2) is 30.8 Å². The number of hydrogen-bond acceptors (Lipinski definition) is 4. The summed E-state index contributed by atoms with van der Waals surface area (Å²) in [5.74, 6) is 0. The van der Waals surface area contributed by atoms with Gasteiger partial charge in [-0.25, -0.2) is 0 Å². The molecule has 0 aromatic rings. The molecule has 0 aliphatic heterocycles. The maximum Gasteiger partial charge on any atom is 0.196 e. The minimum atomic E-state index is -1.06. The molecular formula is C6H15NO3. The second kappa shape index (κ2) is 5.61. The van der Waals surface area contributed by atoms with Gasteiger partial charge in [0.15, 0.2) is 12.5 Å². The molecule has 1 unspecified atom stereocenters. The second-order valence-electron chi connectivity index (χ2n) is 1.77. The minimum absolute atomic E-state index is 0.485. The molecule has 0 aliphatic rings. The molecule has 3 N–H and O–H groups in total. The van der Waals surface area contributed by atoms with E-state index in [2.05, 4.69) is 0 Å². The van der Waals surface area contributed by atoms with Gasteiger partial charge < -0.3 is 20.3 Å². The second-order valence-corrected chi connectivity index (χ2v) is 1.77. The Hall–Kier alpha value is -0.160. The maximum absolute atomic E-state index is 8.80. The van der Waals surface area contributed by atoms with Crippen molar-refractivity contribution in [2.45, 2.75) is 26.4 Å². The van der Waals surface area contributed by atoms with E-state index < -0.39 is 12.5 Å². The van der Waals surface area contributed by atoms with Crippen LogP contribution in [0.4, 0.5) is 0 Å². The highest BCUT2D eigenvalue weighted by molar-refractivity contribution is 4.49. The number of ether oxygens (including phenoxy) is 2. The van der Waals surface area contributed by atoms with Crippen LogP contribution in [0, 0.1) is 0 Å². The molecule has 1 atom stereocenters. The molecule has 4 nitrogen and oxygen atoms in total. The van der Waals surface area contributed by atoms with E-state index in [-0.39, 0.29) is 0 Å². The molecule has 0 saturated heterocycles. The summed E-state index contributed by atoms with van der Waals surface area (Å²) in [7, 11) is 0. The zero-order valence-electron chi connectivity index (χ0n) is 6.41. The lowest BCUT2D eigenvalue weighted by atomic mass is 10.5. The van der Waals surface area contributed by atoms with Crippen LogP contribution in [0.25, 0.3) is 0 Å². The van der Waals surface area contributed by atoms with E-state index in [0.717, 1.165) is 0 Å². The maximum atomic E-state index is 8.80. The van der Waals surface area contributed by atoms with Crippen LogP contribution in [0.2, 0.25) is 0 Å². The summed E-state index contributed by atoms with van der Waals surface area (Å²) in [6.07, 6.45) is -1.74. The molecule has 0 rings (SSSR count). The van der Waals surface area contributed by atoms with Crippen LogP contribution in [0.1, 0.15) is 13.8 Å². The Balaban J connectivity index is 3.50. The van der Waals surface area contributed by atoms with Crippen LogP contribution in [0.15, 0.2) is 0 Å². The van der Waals surface area contributed by atoms with Gasteiger partial charge in [-0.1, -0.05) is 0 Å². The Morgan fingerprint density at radius 1 is 1.30 bits per heavy atom. The smallest absolute Gasteiger partial charge is 0.196 e. The zero-order chi connectivity index (χ0) is 7.98. The molecule has 0 aromatic carbocycles. The van der Waals surface area contributed by atoms with E-state index >= 15 is 0 Å². The average molecular weight is 149 g/mol. The number of hydrogen-bond donors (Lipinski definition) is 2. The third kappa shape index (κ3) is 3.79. The quantitative estimate of drug-likeness (QED) is 0.525. The fraction of sp³-hybridized carbons (Fsp3) is 1.00. The highest BCUT2D eigenvalue weighted by atomic mass is 16.7. The molecular weight excluding hydrogens is 134 g/mol. The summed E-state index contributed by atoms with van der Waals surface area (Å²) < 4.78 is 9.89. The van der Waals surface area contributed by atoms with Gasteiger partial charge in [0.05, 0.1) is 0 Å². The normalized spacial score (nSPS) is 14.1. The number of aliphatic hydroxyl groups is 1. The van der Waals surface area contributed by atoms with Gasteiger partial charge in [-0.3, -0.25) is 0 Å². The summed E-state index contributed by atoms with van der Waals surface area (Å²) in [6.45, 7) is 4.60. The Bertz CT molecular complexity index is 71.4. The summed E-state index contributed by atoms with van der Waals surface area (Å²) in [6, 6.07) is 0. The Morgan fingerprint density at radius 2 is 1.70 bits per heavy atom. The standard InChI is InChI=1S/C6H15NO3/c1-3-9-6(5(7)8)10-4-2/h5-6,8H,3-4,7H2,1-2H3. The number of nitrogens with two attached hydrogens (primary N) is 1. The van der Waals surface area contributed by atoms with Crippen molar-refractivity contribution in [2.24, 2.45) is 5.73 Å². The topological polar surface area (TPSA) is 64.7 Å². The third-order valence-corrected chi connectivity index (χ3v) is 0.941. The molecule has 0 aliphatic carbocycles. The molecule has 0 fully saturated rings. The van der Waals surface area contributed by atoms with E-state index in [1.54, 1.807) is 0 Å². The van der Waals surface area contributed by atoms with Crippen molar-refractivity contribution in [2.75, 3.05) is 13.2 Å². The summed E-state index contributed by atoms with van der Waals surface area (Å²) in [5.41, 5.74) is 5.11. The van der Waals surface area contributed by atoms with Gasteiger partial charge in [0.1, 0.15) is 0 Å². The summed E-state index contributed by atoms with van der Waals surface area (Å²) in [5, 5.41) is 8.80. The molecule has 0 saturated carbocycles. The first-order chi connectivity index (χ1) is 4.72. The number of rotatable bonds is 5. The van der Waals surface area contributed by atoms with Crippen LogP contribution in [-0.2, 0) is 9.47 Å². The fourth-order valence-electron chi connectivity index (χ4n) is 0.574. The van der Waals surface area contributed by atoms with Gasteiger partial charge in [0.2, 0.25) is 0 Å². The summed E-state index contributed by atoms with van der Waals surface area (Å²) >= 11 is 0. The van der Waals surface area contributed by atoms with Gasteiger partial charge in [0.25, 0.3) is 0 Å². The van der Waals surface area contributed by atoms with Gasteiger partial charge in [0, 0.05) is 13.2 Å². The predicted octanol–water partition coefficient (Wildman–Crippen LogP) is -0.337. The van der Waals surface area contributed by atoms with E-state index in [1.807, 2.05) is 13.8 Å². The van der Waals surface area contributed by atoms with Gasteiger partial charge in [-0.2, -0.15) is 0 Å². The van der Waals surface area contributed by atoms with Gasteiger partial charge in [-0.05, 0) is 13.8 Å². The molecule has 0 bridgehead atoms. The third-order valence-electron chi connectivity index (χ3n) is 0.941. The van der Waals surface area contributed by atoms with Crippen LogP contribution in [0.3, 0.4) is 0 Å². The number of aliphatic hydroxyl groups excluding tert-OH is 1. The molecule has 0 radical (unpaired) electrons. The van der Waals surface area contributed by atoms with Gasteiger partial charge >= 0.3 is 0 Å². The van der Waals surface area contributed by atoms with E-state index in [0.29, 0.717) is 13.2 Å². The monoisotopic (exact) mass is 149 g/mol. The minimum Gasteiger partial charge on any atom is -0.373 e. The van der Waals surface area contributed by atoms with Crippen molar-refractivity contribution in [3.8, 4) is 0 Å². The highest BCUT2D eigenvalue weighted by Crippen LogP contribution is 1.96. The Morgan fingerprint density at radius 3 is 1.90 bits per heavy atom. The zero-order valence-corrected chi connectivity index (χ0v) is 6.41. The molecule has 0 amide bonds. The lowest BCUT2D eigenvalue weighted by molar-refractivity contribution is -0.187. The lowest BCUT2D eigenvalue weighted by Gasteiger charge is -2.18. The van der Waals surface area contributed by atoms with E-state index in [4.69, 9.17) is 20.3 Å². The van der Waals surface area contributed by atoms with Crippen molar-refractivity contribution in [3.05, 3.63) is 0 Å². The SMILES string of the molecule is CCOC(OCC)C(N)O. The molecule has 0 spiro atoms. The molecule has 0 heterocycles. The fourth-order valence-corrected chi connectivity index (χ4v) is 0.574. The first kappa shape index (κ1) is 9.84. The summed E-state index contributed by atoms with van der Waals surface area (Å²) in [4.78, 5) is 0. The van der Waals surface area contributed by atoms with Crippen molar-refractivity contribution < 1.29 is 14.6 Å². The Labute approximate surface area is 60.9 Å². The Kier molecular flexibility index (Phi) is 5.52. The highest BCUT2D eigenvalue weighted by Gasteiger charge is 2.13. The average Bonchev–Trinajstić information content (AvgIpc) is 1.87. The lowest BCUT2D eigenvalue weighted by Crippen LogP contribution is -2.38. The van der Waals surface area contributed by atoms with Crippen LogP contribution >= 0.6 is 0 Å². The first-order valence-electron chi connectivity index (χ1n) is 3.39. The van der Waals surface area contributed by atoms with E-state index in [9.17, 15) is 0 Å². The molecule has 62 valence electrons. The molecule has 10 heavy (non-hydrogen) atoms. The molecule has 4 heteroatoms. The van der Waals surface area contributed by atoms with Gasteiger partial charge in [-0.15, -0.1) is 0 Å². The first-order valence-corrected chi connectivity index (χ1v) is 3.39. The van der Waals surface area contributed by atoms with Crippen molar-refractivity contribution in [3.63, 3.8) is 0 Å². The van der Waals surface area contributed by atoms with Crippen molar-refractivity contribution >= 4 is 0 Å². The van der Waals surface area contributed by atoms with E-state index in [1.165, 1.54) is 0 Å². The van der Waals surface area contributed by atoms with Crippen molar-refractivity contribution in [1.29, 1.82) is 0 Å². The largest absolute Gasteiger partial charge is 0.373 e.